The summed E-state index contributed by atoms with van der Waals surface area (Å²) in [5.74, 6) is -0.0162. The Hall–Kier alpha value is -3.90. The van der Waals surface area contributed by atoms with E-state index in [0.29, 0.717) is 31.6 Å². The van der Waals surface area contributed by atoms with Crippen LogP contribution in [0.25, 0.3) is 22.1 Å². The largest absolute Gasteiger partial charge is 0.464 e. The highest BCUT2D eigenvalue weighted by atomic mass is 16.6. The highest BCUT2D eigenvalue weighted by Crippen LogP contribution is 2.45. The average molecular weight is 494 g/mol. The molecule has 2 saturated heterocycles. The van der Waals surface area contributed by atoms with Gasteiger partial charge in [0.1, 0.15) is 12.2 Å². The van der Waals surface area contributed by atoms with Crippen LogP contribution >= 0.6 is 0 Å². The molecule has 2 fully saturated rings. The van der Waals surface area contributed by atoms with Gasteiger partial charge in [-0.05, 0) is 59.4 Å². The van der Waals surface area contributed by atoms with Crippen LogP contribution in [-0.2, 0) is 9.47 Å². The molecule has 3 heterocycles. The number of hydrogen-bond donors (Lipinski definition) is 0. The van der Waals surface area contributed by atoms with Crippen LogP contribution in [0.1, 0.15) is 40.2 Å². The van der Waals surface area contributed by atoms with Crippen LogP contribution in [0.4, 0.5) is 4.79 Å². The van der Waals surface area contributed by atoms with Gasteiger partial charge < -0.3 is 13.9 Å². The van der Waals surface area contributed by atoms with E-state index >= 15 is 0 Å². The van der Waals surface area contributed by atoms with Gasteiger partial charge in [-0.15, -0.1) is 0 Å². The first-order valence-electron chi connectivity index (χ1n) is 12.9. The Morgan fingerprint density at radius 1 is 0.865 bits per heavy atom. The fourth-order valence-corrected chi connectivity index (χ4v) is 6.45. The Morgan fingerprint density at radius 2 is 1.54 bits per heavy atom. The number of fused-ring (bicyclic) bond motifs is 6. The van der Waals surface area contributed by atoms with E-state index in [-0.39, 0.29) is 42.4 Å². The van der Waals surface area contributed by atoms with Crippen LogP contribution in [0.5, 0.6) is 0 Å². The first-order valence-corrected chi connectivity index (χ1v) is 12.9. The normalized spacial score (nSPS) is 22.5. The summed E-state index contributed by atoms with van der Waals surface area (Å²) in [4.78, 5) is 28.6. The summed E-state index contributed by atoms with van der Waals surface area (Å²) in [5.41, 5.74) is 6.26. The fourth-order valence-electron chi connectivity index (χ4n) is 6.45. The minimum Gasteiger partial charge on any atom is -0.464 e. The molecule has 37 heavy (non-hydrogen) atoms. The molecule has 7 rings (SSSR count). The number of morpholine rings is 1. The van der Waals surface area contributed by atoms with Crippen LogP contribution < -0.4 is 0 Å². The number of benzene rings is 3. The van der Waals surface area contributed by atoms with E-state index in [1.54, 1.807) is 6.26 Å². The summed E-state index contributed by atoms with van der Waals surface area (Å²) >= 11 is 0. The van der Waals surface area contributed by atoms with E-state index in [1.807, 2.05) is 53.4 Å². The zero-order valence-electron chi connectivity index (χ0n) is 20.3. The van der Waals surface area contributed by atoms with E-state index in [9.17, 15) is 9.59 Å². The van der Waals surface area contributed by atoms with Crippen molar-refractivity contribution in [1.29, 1.82) is 0 Å². The third-order valence-electron chi connectivity index (χ3n) is 8.18. The van der Waals surface area contributed by atoms with Crippen LogP contribution in [0.3, 0.4) is 0 Å². The van der Waals surface area contributed by atoms with Gasteiger partial charge in [-0.1, -0.05) is 48.5 Å². The molecule has 1 aromatic heterocycles. The molecule has 4 aromatic rings. The molecule has 1 aliphatic carbocycles. The smallest absolute Gasteiger partial charge is 0.410 e. The maximum Gasteiger partial charge on any atom is 0.410 e. The first kappa shape index (κ1) is 22.3. The quantitative estimate of drug-likeness (QED) is 0.324. The van der Waals surface area contributed by atoms with Crippen molar-refractivity contribution in [3.8, 4) is 11.1 Å². The fraction of sp³-hybridized carbons (Fsp3) is 0.290. The van der Waals surface area contributed by atoms with Crippen molar-refractivity contribution in [1.82, 2.24) is 4.90 Å². The third kappa shape index (κ3) is 3.75. The Labute approximate surface area is 214 Å². The highest BCUT2D eigenvalue weighted by Gasteiger charge is 2.45. The van der Waals surface area contributed by atoms with Crippen molar-refractivity contribution >= 4 is 22.8 Å². The van der Waals surface area contributed by atoms with E-state index in [0.717, 1.165) is 11.0 Å². The van der Waals surface area contributed by atoms with Gasteiger partial charge in [-0.2, -0.15) is 0 Å². The summed E-state index contributed by atoms with van der Waals surface area (Å²) in [5, 5.41) is 0.922. The minimum absolute atomic E-state index is 0.0180. The molecule has 0 saturated carbocycles. The first-order chi connectivity index (χ1) is 18.2. The second-order valence-electron chi connectivity index (χ2n) is 10.3. The lowest BCUT2D eigenvalue weighted by molar-refractivity contribution is -0.0747. The number of hydrogen-bond acceptors (Lipinski definition) is 5. The molecule has 1 amide bonds. The Bertz CT molecular complexity index is 1450. The summed E-state index contributed by atoms with van der Waals surface area (Å²) in [6.07, 6.45) is 2.46. The van der Waals surface area contributed by atoms with Gasteiger partial charge in [0.25, 0.3) is 0 Å². The highest BCUT2D eigenvalue weighted by molar-refractivity contribution is 6.00. The van der Waals surface area contributed by atoms with Crippen molar-refractivity contribution in [2.45, 2.75) is 30.8 Å². The number of amides is 1. The molecule has 2 atom stereocenters. The second kappa shape index (κ2) is 8.89. The summed E-state index contributed by atoms with van der Waals surface area (Å²) < 4.78 is 17.2. The second-order valence-corrected chi connectivity index (χ2v) is 10.3. The Kier molecular flexibility index (Phi) is 5.36. The topological polar surface area (TPSA) is 69.0 Å². The Balaban J connectivity index is 1.07. The SMILES string of the molecule is O=C(c1ccc2occc2c1)C1CC2COCC(C1)N2C(=O)OCC1c2ccccc2-c2ccccc21. The number of rotatable bonds is 4. The van der Waals surface area contributed by atoms with Gasteiger partial charge in [0.2, 0.25) is 0 Å². The molecule has 3 aliphatic rings. The molecule has 0 spiro atoms. The number of carbonyl (C=O) groups excluding carboxylic acids is 2. The van der Waals surface area contributed by atoms with Crippen LogP contribution in [0, 0.1) is 5.92 Å². The molecule has 0 N–H and O–H groups in total. The molecular formula is C31H27NO5. The van der Waals surface area contributed by atoms with Gasteiger partial charge in [-0.25, -0.2) is 4.79 Å². The zero-order chi connectivity index (χ0) is 24.9. The molecule has 3 aromatic carbocycles. The summed E-state index contributed by atoms with van der Waals surface area (Å²) in [6, 6.07) is 23.8. The van der Waals surface area contributed by atoms with Gasteiger partial charge in [-0.3, -0.25) is 9.69 Å². The van der Waals surface area contributed by atoms with Crippen molar-refractivity contribution in [3.05, 3.63) is 95.7 Å². The van der Waals surface area contributed by atoms with Crippen molar-refractivity contribution in [2.75, 3.05) is 19.8 Å². The van der Waals surface area contributed by atoms with Crippen LogP contribution in [0.2, 0.25) is 0 Å². The van der Waals surface area contributed by atoms with E-state index in [2.05, 4.69) is 24.3 Å². The maximum atomic E-state index is 13.4. The summed E-state index contributed by atoms with van der Waals surface area (Å²) in [7, 11) is 0. The minimum atomic E-state index is -0.314. The predicted octanol–water partition coefficient (Wildman–Crippen LogP) is 6.04. The molecule has 2 bridgehead atoms. The van der Waals surface area contributed by atoms with E-state index < -0.39 is 0 Å². The maximum absolute atomic E-state index is 13.4. The number of ketones is 1. The number of Topliss-reactive ketones (excluding diaryl/α,β-unsaturated/α-hetero) is 1. The van der Waals surface area contributed by atoms with E-state index in [1.165, 1.54) is 22.3 Å². The number of nitrogens with zero attached hydrogens (tertiary/aromatic N) is 1. The molecule has 2 unspecified atom stereocenters. The third-order valence-corrected chi connectivity index (χ3v) is 8.18. The predicted molar refractivity (Wildman–Crippen MR) is 139 cm³/mol. The van der Waals surface area contributed by atoms with Crippen LogP contribution in [-0.4, -0.2) is 48.7 Å². The molecule has 0 radical (unpaired) electrons. The van der Waals surface area contributed by atoms with Gasteiger partial charge in [0.15, 0.2) is 5.78 Å². The standard InChI is InChI=1S/C31H27NO5/c33-30(20-9-10-29-19(13-20)11-12-36-29)21-14-22-16-35-17-23(15-21)32(22)31(34)37-18-28-26-7-3-1-5-24(26)25-6-2-4-8-27(25)28/h1-13,21-23,28H,14-18H2. The van der Waals surface area contributed by atoms with Crippen LogP contribution in [0.15, 0.2) is 83.5 Å². The van der Waals surface area contributed by atoms with Gasteiger partial charge in [0, 0.05) is 22.8 Å². The molecule has 6 nitrogen and oxygen atoms in total. The monoisotopic (exact) mass is 493 g/mol. The number of ether oxygens (including phenoxy) is 2. The van der Waals surface area contributed by atoms with Crippen molar-refractivity contribution < 1.29 is 23.5 Å². The molecule has 6 heteroatoms. The lowest BCUT2D eigenvalue weighted by Crippen LogP contribution is -2.60. The lowest BCUT2D eigenvalue weighted by atomic mass is 9.80. The lowest BCUT2D eigenvalue weighted by Gasteiger charge is -2.47. The number of furan rings is 1. The number of carbonyl (C=O) groups is 2. The van der Waals surface area contributed by atoms with E-state index in [4.69, 9.17) is 13.9 Å². The number of piperidine rings is 1. The molecular weight excluding hydrogens is 466 g/mol. The van der Waals surface area contributed by atoms with Gasteiger partial charge in [0.05, 0.1) is 31.6 Å². The Morgan fingerprint density at radius 3 is 2.24 bits per heavy atom. The molecule has 186 valence electrons. The van der Waals surface area contributed by atoms with Crippen molar-refractivity contribution in [2.24, 2.45) is 5.92 Å². The summed E-state index contributed by atoms with van der Waals surface area (Å²) in [6.45, 7) is 1.13. The van der Waals surface area contributed by atoms with Gasteiger partial charge >= 0.3 is 6.09 Å². The molecule has 2 aliphatic heterocycles. The zero-order valence-corrected chi connectivity index (χ0v) is 20.3. The van der Waals surface area contributed by atoms with Crippen molar-refractivity contribution in [3.63, 3.8) is 0 Å². The average Bonchev–Trinajstić information content (AvgIpc) is 3.53.